The van der Waals surface area contributed by atoms with Gasteiger partial charge in [-0.15, -0.1) is 5.10 Å². The van der Waals surface area contributed by atoms with Crippen molar-refractivity contribution in [1.82, 2.24) is 25.2 Å². The van der Waals surface area contributed by atoms with Gasteiger partial charge in [0.2, 0.25) is 0 Å². The second kappa shape index (κ2) is 8.67. The molecule has 2 aromatic carbocycles. The molecular formula is C28H29N5O. The van der Waals surface area contributed by atoms with Crippen LogP contribution < -0.4 is 4.74 Å². The summed E-state index contributed by atoms with van der Waals surface area (Å²) in [6.45, 7) is 3.30. The third kappa shape index (κ3) is 3.58. The van der Waals surface area contributed by atoms with Crippen molar-refractivity contribution in [3.05, 3.63) is 89.7 Å². The Labute approximate surface area is 200 Å². The minimum atomic E-state index is 0.0671. The van der Waals surface area contributed by atoms with Gasteiger partial charge in [-0.05, 0) is 83.8 Å². The molecule has 6 heteroatoms. The van der Waals surface area contributed by atoms with E-state index in [-0.39, 0.29) is 5.41 Å². The summed E-state index contributed by atoms with van der Waals surface area (Å²) in [6, 6.07) is 23.7. The zero-order valence-electron chi connectivity index (χ0n) is 19.5. The third-order valence-electron chi connectivity index (χ3n) is 7.82. The lowest BCUT2D eigenvalue weighted by atomic mass is 9.64. The van der Waals surface area contributed by atoms with Gasteiger partial charge in [0.1, 0.15) is 12.4 Å². The van der Waals surface area contributed by atoms with Crippen LogP contribution >= 0.6 is 0 Å². The smallest absolute Gasteiger partial charge is 0.181 e. The van der Waals surface area contributed by atoms with E-state index in [1.807, 2.05) is 22.9 Å². The molecule has 6 rings (SSSR count). The molecule has 2 bridgehead atoms. The average Bonchev–Trinajstić information content (AvgIpc) is 3.65. The van der Waals surface area contributed by atoms with E-state index in [1.54, 1.807) is 6.20 Å². The van der Waals surface area contributed by atoms with Crippen molar-refractivity contribution in [2.24, 2.45) is 11.8 Å². The number of aryl methyl sites for hydroxylation is 1. The predicted molar refractivity (Wildman–Crippen MR) is 130 cm³/mol. The molecule has 172 valence electrons. The third-order valence-corrected chi connectivity index (χ3v) is 7.82. The van der Waals surface area contributed by atoms with Gasteiger partial charge in [-0.1, -0.05) is 48.9 Å². The van der Waals surface area contributed by atoms with Gasteiger partial charge in [0.15, 0.2) is 5.82 Å². The SMILES string of the molecule is CCn1nnnc1-c1ccc(C2(c3ccc(OCc4ccccn4)cc3)CC3CCC2C3)cc1. The van der Waals surface area contributed by atoms with Crippen LogP contribution in [0.4, 0.5) is 0 Å². The number of hydrogen-bond donors (Lipinski definition) is 0. The molecule has 3 unspecified atom stereocenters. The van der Waals surface area contributed by atoms with Gasteiger partial charge >= 0.3 is 0 Å². The summed E-state index contributed by atoms with van der Waals surface area (Å²) in [7, 11) is 0. The van der Waals surface area contributed by atoms with Crippen LogP contribution in [0.2, 0.25) is 0 Å². The Morgan fingerprint density at radius 1 is 0.971 bits per heavy atom. The quantitative estimate of drug-likeness (QED) is 0.374. The molecule has 2 heterocycles. The maximum absolute atomic E-state index is 6.01. The minimum Gasteiger partial charge on any atom is -0.487 e. The number of tetrazole rings is 1. The average molecular weight is 452 g/mol. The van der Waals surface area contributed by atoms with E-state index in [0.717, 1.165) is 35.3 Å². The fourth-order valence-corrected chi connectivity index (χ4v) is 6.23. The molecule has 0 radical (unpaired) electrons. The van der Waals surface area contributed by atoms with E-state index in [2.05, 4.69) is 76.0 Å². The van der Waals surface area contributed by atoms with Crippen LogP contribution in [-0.2, 0) is 18.6 Å². The van der Waals surface area contributed by atoms with Crippen molar-refractivity contribution < 1.29 is 4.74 Å². The van der Waals surface area contributed by atoms with E-state index >= 15 is 0 Å². The Hall–Kier alpha value is -3.54. The highest BCUT2D eigenvalue weighted by atomic mass is 16.5. The summed E-state index contributed by atoms with van der Waals surface area (Å²) in [4.78, 5) is 4.35. The van der Waals surface area contributed by atoms with Gasteiger partial charge in [0, 0.05) is 23.7 Å². The Balaban J connectivity index is 1.29. The number of nitrogens with zero attached hydrogens (tertiary/aromatic N) is 5. The largest absolute Gasteiger partial charge is 0.487 e. The summed E-state index contributed by atoms with van der Waals surface area (Å²) >= 11 is 0. The number of hydrogen-bond acceptors (Lipinski definition) is 5. The van der Waals surface area contributed by atoms with E-state index < -0.39 is 0 Å². The first-order chi connectivity index (χ1) is 16.8. The number of fused-ring (bicyclic) bond motifs is 2. The molecule has 3 atom stereocenters. The van der Waals surface area contributed by atoms with Crippen LogP contribution in [0.1, 0.15) is 49.4 Å². The summed E-state index contributed by atoms with van der Waals surface area (Å²) in [5, 5.41) is 12.2. The Morgan fingerprint density at radius 3 is 2.41 bits per heavy atom. The molecule has 34 heavy (non-hydrogen) atoms. The fourth-order valence-electron chi connectivity index (χ4n) is 6.23. The van der Waals surface area contributed by atoms with Crippen molar-refractivity contribution in [1.29, 1.82) is 0 Å². The van der Waals surface area contributed by atoms with Gasteiger partial charge < -0.3 is 4.74 Å². The fraction of sp³-hybridized carbons (Fsp3) is 0.357. The molecule has 0 aliphatic heterocycles. The second-order valence-electron chi connectivity index (χ2n) is 9.58. The van der Waals surface area contributed by atoms with Crippen LogP contribution in [0.5, 0.6) is 5.75 Å². The van der Waals surface area contributed by atoms with Crippen molar-refractivity contribution in [2.75, 3.05) is 0 Å². The van der Waals surface area contributed by atoms with E-state index in [4.69, 9.17) is 4.74 Å². The molecule has 4 aromatic rings. The molecule has 0 saturated heterocycles. The summed E-state index contributed by atoms with van der Waals surface area (Å²) < 4.78 is 7.84. The van der Waals surface area contributed by atoms with Crippen LogP contribution in [0, 0.1) is 11.8 Å². The van der Waals surface area contributed by atoms with Crippen molar-refractivity contribution >= 4 is 0 Å². The zero-order valence-corrected chi connectivity index (χ0v) is 19.5. The maximum atomic E-state index is 6.01. The molecule has 0 spiro atoms. The standard InChI is InChI=1S/C28H29N5O/c1-2-33-27(30-31-32-33)21-7-10-22(11-8-21)28(18-20-6-9-24(28)17-20)23-12-14-26(15-13-23)34-19-25-5-3-4-16-29-25/h3-5,7-8,10-16,20,24H,2,6,9,17-19H2,1H3. The van der Waals surface area contributed by atoms with E-state index in [0.29, 0.717) is 12.5 Å². The number of pyridine rings is 1. The molecule has 2 fully saturated rings. The molecule has 6 nitrogen and oxygen atoms in total. The topological polar surface area (TPSA) is 65.7 Å². The van der Waals surface area contributed by atoms with Crippen LogP contribution in [0.15, 0.2) is 72.9 Å². The predicted octanol–water partition coefficient (Wildman–Crippen LogP) is 5.44. The normalized spacial score (nSPS) is 23.3. The molecule has 0 N–H and O–H groups in total. The van der Waals surface area contributed by atoms with Crippen molar-refractivity contribution in [2.45, 2.75) is 51.2 Å². The first-order valence-electron chi connectivity index (χ1n) is 12.3. The lowest BCUT2D eigenvalue weighted by Gasteiger charge is -2.39. The van der Waals surface area contributed by atoms with Crippen LogP contribution in [0.25, 0.3) is 11.4 Å². The highest BCUT2D eigenvalue weighted by molar-refractivity contribution is 5.57. The van der Waals surface area contributed by atoms with Gasteiger partial charge in [-0.25, -0.2) is 4.68 Å². The molecule has 2 aliphatic rings. The van der Waals surface area contributed by atoms with Gasteiger partial charge in [-0.3, -0.25) is 4.98 Å². The number of ether oxygens (including phenoxy) is 1. The lowest BCUT2D eigenvalue weighted by Crippen LogP contribution is -2.34. The first-order valence-corrected chi connectivity index (χ1v) is 12.3. The number of rotatable bonds is 7. The minimum absolute atomic E-state index is 0.0671. The number of aromatic nitrogens is 5. The molecule has 0 amide bonds. The Kier molecular flexibility index (Phi) is 5.36. The van der Waals surface area contributed by atoms with E-state index in [1.165, 1.54) is 36.8 Å². The number of benzene rings is 2. The highest BCUT2D eigenvalue weighted by Gasteiger charge is 2.52. The molecule has 2 aliphatic carbocycles. The van der Waals surface area contributed by atoms with E-state index in [9.17, 15) is 0 Å². The van der Waals surface area contributed by atoms with Gasteiger partial charge in [0.25, 0.3) is 0 Å². The van der Waals surface area contributed by atoms with Crippen LogP contribution in [-0.4, -0.2) is 25.2 Å². The maximum Gasteiger partial charge on any atom is 0.181 e. The van der Waals surface area contributed by atoms with Gasteiger partial charge in [-0.2, -0.15) is 0 Å². The lowest BCUT2D eigenvalue weighted by molar-refractivity contribution is 0.299. The molecule has 2 aromatic heterocycles. The molecular weight excluding hydrogens is 422 g/mol. The highest BCUT2D eigenvalue weighted by Crippen LogP contribution is 2.60. The molecule has 2 saturated carbocycles. The van der Waals surface area contributed by atoms with Crippen LogP contribution in [0.3, 0.4) is 0 Å². The summed E-state index contributed by atoms with van der Waals surface area (Å²) in [5.74, 6) is 3.21. The summed E-state index contributed by atoms with van der Waals surface area (Å²) in [5.41, 5.74) is 4.87. The monoisotopic (exact) mass is 451 g/mol. The Bertz CT molecular complexity index is 1250. The van der Waals surface area contributed by atoms with Crippen molar-refractivity contribution in [3.8, 4) is 17.1 Å². The second-order valence-corrected chi connectivity index (χ2v) is 9.58. The summed E-state index contributed by atoms with van der Waals surface area (Å²) in [6.07, 6.45) is 7.01. The van der Waals surface area contributed by atoms with Crippen molar-refractivity contribution in [3.63, 3.8) is 0 Å². The zero-order chi connectivity index (χ0) is 23.0. The van der Waals surface area contributed by atoms with Gasteiger partial charge in [0.05, 0.1) is 5.69 Å². The first kappa shape index (κ1) is 21.0. The Morgan fingerprint density at radius 2 is 1.76 bits per heavy atom.